The van der Waals surface area contributed by atoms with E-state index in [1.807, 2.05) is 13.8 Å². The van der Waals surface area contributed by atoms with Crippen LogP contribution in [0.4, 0.5) is 10.3 Å². The number of anilines is 1. The number of rotatable bonds is 13. The summed E-state index contributed by atoms with van der Waals surface area (Å²) >= 11 is 0. The van der Waals surface area contributed by atoms with Crippen LogP contribution in [0.25, 0.3) is 0 Å². The van der Waals surface area contributed by atoms with Crippen LogP contribution in [0.5, 0.6) is 5.75 Å². The van der Waals surface area contributed by atoms with E-state index in [2.05, 4.69) is 28.9 Å². The van der Waals surface area contributed by atoms with Gasteiger partial charge >= 0.3 is 5.97 Å². The van der Waals surface area contributed by atoms with Crippen LogP contribution in [0.1, 0.15) is 64.3 Å². The molecule has 2 aromatic rings. The zero-order valence-electron chi connectivity index (χ0n) is 19.4. The van der Waals surface area contributed by atoms with Crippen LogP contribution >= 0.6 is 0 Å². The van der Waals surface area contributed by atoms with Crippen molar-refractivity contribution in [2.24, 2.45) is 17.8 Å². The van der Waals surface area contributed by atoms with Crippen molar-refractivity contribution in [3.63, 3.8) is 0 Å². The number of carboxylic acids is 1. The zero-order chi connectivity index (χ0) is 23.3. The van der Waals surface area contributed by atoms with Gasteiger partial charge in [0.1, 0.15) is 11.6 Å². The Kier molecular flexibility index (Phi) is 8.10. The van der Waals surface area contributed by atoms with Crippen LogP contribution in [-0.2, 0) is 11.2 Å². The monoisotopic (exact) mass is 447 g/mol. The second-order valence-electron chi connectivity index (χ2n) is 9.05. The Balaban J connectivity index is 1.38. The van der Waals surface area contributed by atoms with Crippen LogP contribution in [0.15, 0.2) is 22.7 Å². The molecule has 0 amide bonds. The van der Waals surface area contributed by atoms with Crippen LogP contribution in [0.3, 0.4) is 0 Å². The zero-order valence-corrected chi connectivity index (χ0v) is 19.4. The molecule has 7 nitrogen and oxygen atoms in total. The van der Waals surface area contributed by atoms with Crippen molar-refractivity contribution in [3.8, 4) is 5.75 Å². The number of halogens is 1. The van der Waals surface area contributed by atoms with Crippen molar-refractivity contribution in [2.75, 3.05) is 24.6 Å². The number of aliphatic carboxylic acids is 1. The number of ether oxygens (including phenoxy) is 1. The molecule has 1 aromatic heterocycles. The molecule has 1 N–H and O–H groups in total. The van der Waals surface area contributed by atoms with Crippen LogP contribution in [0, 0.1) is 23.6 Å². The maximum absolute atomic E-state index is 14.0. The van der Waals surface area contributed by atoms with E-state index in [1.165, 1.54) is 18.6 Å². The van der Waals surface area contributed by atoms with Crippen LogP contribution < -0.4 is 9.64 Å². The van der Waals surface area contributed by atoms with Gasteiger partial charge in [-0.25, -0.2) is 4.39 Å². The Labute approximate surface area is 189 Å². The van der Waals surface area contributed by atoms with Gasteiger partial charge in [-0.2, -0.15) is 4.98 Å². The lowest BCUT2D eigenvalue weighted by atomic mass is 9.99. The molecule has 1 aliphatic rings. The van der Waals surface area contributed by atoms with Gasteiger partial charge in [-0.1, -0.05) is 26.8 Å². The summed E-state index contributed by atoms with van der Waals surface area (Å²) in [5.41, 5.74) is 0.170. The van der Waals surface area contributed by atoms with Gasteiger partial charge in [0, 0.05) is 25.1 Å². The first-order chi connectivity index (χ1) is 15.3. The minimum Gasteiger partial charge on any atom is -0.493 e. The average molecular weight is 448 g/mol. The predicted molar refractivity (Wildman–Crippen MR) is 120 cm³/mol. The Hall–Kier alpha value is -2.64. The molecule has 1 aliphatic carbocycles. The number of benzene rings is 1. The molecule has 3 atom stereocenters. The molecule has 1 heterocycles. The molecular formula is C24H34FN3O4. The molecule has 1 saturated carbocycles. The van der Waals surface area contributed by atoms with Crippen molar-refractivity contribution >= 4 is 11.9 Å². The van der Waals surface area contributed by atoms with Gasteiger partial charge in [0.15, 0.2) is 0 Å². The SMILES string of the molecule is CCN(CCC(C)[C@H]1C[C@H]1CCOc1ccc(CC(=O)O)c(F)c1)c1noc(C(C)C)n1. The van der Waals surface area contributed by atoms with Crippen LogP contribution in [0.2, 0.25) is 0 Å². The van der Waals surface area contributed by atoms with E-state index < -0.39 is 11.8 Å². The summed E-state index contributed by atoms with van der Waals surface area (Å²) in [6.45, 7) is 10.8. The first-order valence-electron chi connectivity index (χ1n) is 11.5. The lowest BCUT2D eigenvalue weighted by molar-refractivity contribution is -0.136. The van der Waals surface area contributed by atoms with E-state index in [1.54, 1.807) is 6.07 Å². The van der Waals surface area contributed by atoms with E-state index >= 15 is 0 Å². The van der Waals surface area contributed by atoms with Crippen molar-refractivity contribution < 1.29 is 23.6 Å². The summed E-state index contributed by atoms with van der Waals surface area (Å²) in [5.74, 6) is 2.34. The minimum absolute atomic E-state index is 0.170. The molecule has 3 rings (SSSR count). The molecule has 0 radical (unpaired) electrons. The van der Waals surface area contributed by atoms with E-state index in [-0.39, 0.29) is 17.9 Å². The van der Waals surface area contributed by atoms with Gasteiger partial charge in [-0.3, -0.25) is 4.79 Å². The quantitative estimate of drug-likeness (QED) is 0.466. The van der Waals surface area contributed by atoms with Gasteiger partial charge in [0.05, 0.1) is 13.0 Å². The normalized spacial score (nSPS) is 18.6. The lowest BCUT2D eigenvalue weighted by Gasteiger charge is -2.21. The number of hydrogen-bond donors (Lipinski definition) is 1. The number of carboxylic acid groups (broad SMARTS) is 1. The maximum Gasteiger partial charge on any atom is 0.307 e. The van der Waals surface area contributed by atoms with E-state index in [4.69, 9.17) is 14.4 Å². The average Bonchev–Trinajstić information content (AvgIpc) is 3.34. The number of nitrogens with zero attached hydrogens (tertiary/aromatic N) is 3. The van der Waals surface area contributed by atoms with Crippen LogP contribution in [-0.4, -0.2) is 40.9 Å². The molecule has 8 heteroatoms. The van der Waals surface area contributed by atoms with E-state index in [9.17, 15) is 9.18 Å². The van der Waals surface area contributed by atoms with Crippen molar-refractivity contribution in [2.45, 2.75) is 59.3 Å². The second-order valence-corrected chi connectivity index (χ2v) is 9.05. The Morgan fingerprint density at radius 3 is 2.78 bits per heavy atom. The molecular weight excluding hydrogens is 413 g/mol. The Morgan fingerprint density at radius 1 is 1.38 bits per heavy atom. The third kappa shape index (κ3) is 6.43. The molecule has 1 unspecified atom stereocenters. The fourth-order valence-electron chi connectivity index (χ4n) is 4.12. The molecule has 176 valence electrons. The number of aromatic nitrogens is 2. The summed E-state index contributed by atoms with van der Waals surface area (Å²) in [5, 5.41) is 12.9. The van der Waals surface area contributed by atoms with Gasteiger partial charge in [-0.05, 0) is 60.7 Å². The molecule has 1 fully saturated rings. The number of hydrogen-bond acceptors (Lipinski definition) is 6. The largest absolute Gasteiger partial charge is 0.493 e. The summed E-state index contributed by atoms with van der Waals surface area (Å²) in [4.78, 5) is 17.4. The van der Waals surface area contributed by atoms with Crippen molar-refractivity contribution in [1.29, 1.82) is 0 Å². The highest BCUT2D eigenvalue weighted by atomic mass is 19.1. The van der Waals surface area contributed by atoms with Crippen molar-refractivity contribution in [1.82, 2.24) is 10.1 Å². The molecule has 0 aliphatic heterocycles. The predicted octanol–water partition coefficient (Wildman–Crippen LogP) is 4.92. The first kappa shape index (κ1) is 24.0. The second kappa shape index (κ2) is 10.8. The van der Waals surface area contributed by atoms with Gasteiger partial charge in [-0.15, -0.1) is 0 Å². The van der Waals surface area contributed by atoms with E-state index in [0.29, 0.717) is 41.9 Å². The standard InChI is InChI=1S/C24H34FN3O4/c1-5-28(24-26-23(15(2)3)32-27-24)10-8-16(4)20-12-17(20)9-11-31-19-7-6-18(13-22(29)30)21(25)14-19/h6-7,14-17,20H,5,8-13H2,1-4H3,(H,29,30)/t16?,17-,20-/m1/s1. The highest BCUT2D eigenvalue weighted by Crippen LogP contribution is 2.47. The first-order valence-corrected chi connectivity index (χ1v) is 11.5. The van der Waals surface area contributed by atoms with Gasteiger partial charge < -0.3 is 19.3 Å². The van der Waals surface area contributed by atoms with Gasteiger partial charge in [0.2, 0.25) is 5.89 Å². The highest BCUT2D eigenvalue weighted by Gasteiger charge is 2.40. The summed E-state index contributed by atoms with van der Waals surface area (Å²) in [7, 11) is 0. The highest BCUT2D eigenvalue weighted by molar-refractivity contribution is 5.70. The van der Waals surface area contributed by atoms with Crippen molar-refractivity contribution in [3.05, 3.63) is 35.5 Å². The third-order valence-electron chi connectivity index (χ3n) is 6.28. The molecule has 0 bridgehead atoms. The number of carbonyl (C=O) groups is 1. The summed E-state index contributed by atoms with van der Waals surface area (Å²) < 4.78 is 25.0. The fourth-order valence-corrected chi connectivity index (χ4v) is 4.12. The lowest BCUT2D eigenvalue weighted by Crippen LogP contribution is -2.26. The summed E-state index contributed by atoms with van der Waals surface area (Å²) in [6.07, 6.45) is 2.88. The smallest absolute Gasteiger partial charge is 0.307 e. The third-order valence-corrected chi connectivity index (χ3v) is 6.28. The molecule has 32 heavy (non-hydrogen) atoms. The Bertz CT molecular complexity index is 901. The Morgan fingerprint density at radius 2 is 2.16 bits per heavy atom. The topological polar surface area (TPSA) is 88.7 Å². The maximum atomic E-state index is 14.0. The fraction of sp³-hybridized carbons (Fsp3) is 0.625. The van der Waals surface area contributed by atoms with E-state index in [0.717, 1.165) is 25.9 Å². The van der Waals surface area contributed by atoms with Gasteiger partial charge in [0.25, 0.3) is 5.95 Å². The minimum atomic E-state index is -1.05. The molecule has 0 spiro atoms. The summed E-state index contributed by atoms with van der Waals surface area (Å²) in [6, 6.07) is 4.39. The molecule has 0 saturated heterocycles. The molecule has 1 aromatic carbocycles.